The number of rotatable bonds is 5. The van der Waals surface area contributed by atoms with E-state index in [4.69, 9.17) is 4.74 Å². The van der Waals surface area contributed by atoms with Crippen molar-refractivity contribution in [1.82, 2.24) is 10.3 Å². The van der Waals surface area contributed by atoms with Gasteiger partial charge in [0, 0.05) is 5.54 Å². The van der Waals surface area contributed by atoms with Crippen molar-refractivity contribution in [2.45, 2.75) is 33.2 Å². The Bertz CT molecular complexity index is 749. The van der Waals surface area contributed by atoms with Crippen LogP contribution in [-0.2, 0) is 4.74 Å². The van der Waals surface area contributed by atoms with Crippen LogP contribution in [0.1, 0.15) is 48.5 Å². The van der Waals surface area contributed by atoms with E-state index in [1.54, 1.807) is 43.5 Å². The number of ether oxygens (including phenoxy) is 1. The molecule has 0 aliphatic rings. The van der Waals surface area contributed by atoms with Crippen molar-refractivity contribution in [3.63, 3.8) is 0 Å². The number of hydrogen-bond acceptors (Lipinski definition) is 5. The molecule has 1 aromatic heterocycles. The summed E-state index contributed by atoms with van der Waals surface area (Å²) in [6.07, 6.45) is 1.56. The van der Waals surface area contributed by atoms with Crippen molar-refractivity contribution in [3.05, 3.63) is 53.9 Å². The van der Waals surface area contributed by atoms with Crippen molar-refractivity contribution < 1.29 is 14.3 Å². The molecule has 0 radical (unpaired) electrons. The number of benzene rings is 1. The molecule has 0 saturated heterocycles. The fraction of sp³-hybridized carbons (Fsp3) is 0.316. The highest BCUT2D eigenvalue weighted by atomic mass is 16.5. The van der Waals surface area contributed by atoms with Crippen molar-refractivity contribution >= 4 is 23.3 Å². The molecular weight excluding hydrogens is 318 g/mol. The summed E-state index contributed by atoms with van der Waals surface area (Å²) in [5.74, 6) is -0.620. The molecular formula is C19H23N3O3. The zero-order valence-electron chi connectivity index (χ0n) is 14.9. The predicted octanol–water partition coefficient (Wildman–Crippen LogP) is 3.53. The second kappa shape index (κ2) is 7.79. The average Bonchev–Trinajstić information content (AvgIpc) is 2.54. The first kappa shape index (κ1) is 18.4. The third-order valence-corrected chi connectivity index (χ3v) is 3.19. The number of amides is 1. The maximum absolute atomic E-state index is 12.1. The topological polar surface area (TPSA) is 80.3 Å². The van der Waals surface area contributed by atoms with E-state index in [-0.39, 0.29) is 17.4 Å². The molecule has 0 aliphatic heterocycles. The maximum atomic E-state index is 12.1. The summed E-state index contributed by atoms with van der Waals surface area (Å²) >= 11 is 0. The lowest BCUT2D eigenvalue weighted by Gasteiger charge is -2.20. The Hall–Kier alpha value is -2.89. The second-order valence-corrected chi connectivity index (χ2v) is 6.53. The monoisotopic (exact) mass is 341 g/mol. The van der Waals surface area contributed by atoms with Gasteiger partial charge in [-0.2, -0.15) is 0 Å². The van der Waals surface area contributed by atoms with Crippen LogP contribution in [0.4, 0.5) is 11.4 Å². The van der Waals surface area contributed by atoms with Gasteiger partial charge < -0.3 is 15.4 Å². The minimum absolute atomic E-state index is 0.231. The third kappa shape index (κ3) is 5.31. The zero-order valence-corrected chi connectivity index (χ0v) is 14.9. The lowest BCUT2D eigenvalue weighted by molar-refractivity contribution is 0.0527. The van der Waals surface area contributed by atoms with E-state index < -0.39 is 0 Å². The van der Waals surface area contributed by atoms with E-state index in [2.05, 4.69) is 15.6 Å². The van der Waals surface area contributed by atoms with Crippen LogP contribution < -0.4 is 10.6 Å². The summed E-state index contributed by atoms with van der Waals surface area (Å²) in [6.45, 7) is 7.80. The molecule has 6 heteroatoms. The first-order valence-corrected chi connectivity index (χ1v) is 8.12. The fourth-order valence-corrected chi connectivity index (χ4v) is 2.14. The van der Waals surface area contributed by atoms with Crippen molar-refractivity contribution in [2.24, 2.45) is 0 Å². The number of anilines is 2. The number of esters is 1. The van der Waals surface area contributed by atoms with Crippen LogP contribution in [0.3, 0.4) is 0 Å². The molecule has 2 aromatic rings. The van der Waals surface area contributed by atoms with Gasteiger partial charge in [0.25, 0.3) is 5.91 Å². The second-order valence-electron chi connectivity index (χ2n) is 6.53. The van der Waals surface area contributed by atoms with E-state index in [1.807, 2.05) is 26.8 Å². The van der Waals surface area contributed by atoms with Crippen LogP contribution in [-0.4, -0.2) is 29.0 Å². The highest BCUT2D eigenvalue weighted by molar-refractivity contribution is 5.96. The molecule has 132 valence electrons. The van der Waals surface area contributed by atoms with Gasteiger partial charge in [0.15, 0.2) is 0 Å². The summed E-state index contributed by atoms with van der Waals surface area (Å²) in [4.78, 5) is 28.3. The first-order chi connectivity index (χ1) is 11.8. The molecule has 2 rings (SSSR count). The molecule has 0 saturated carbocycles. The number of para-hydroxylation sites is 1. The molecule has 2 N–H and O–H groups in total. The van der Waals surface area contributed by atoms with Gasteiger partial charge in [-0.3, -0.25) is 4.79 Å². The van der Waals surface area contributed by atoms with Crippen LogP contribution in [0.5, 0.6) is 0 Å². The van der Waals surface area contributed by atoms with Crippen LogP contribution >= 0.6 is 0 Å². The average molecular weight is 341 g/mol. The fourth-order valence-electron chi connectivity index (χ4n) is 2.14. The third-order valence-electron chi connectivity index (χ3n) is 3.19. The maximum Gasteiger partial charge on any atom is 0.340 e. The largest absolute Gasteiger partial charge is 0.462 e. The Kier molecular flexibility index (Phi) is 5.75. The minimum Gasteiger partial charge on any atom is -0.462 e. The molecule has 6 nitrogen and oxygen atoms in total. The highest BCUT2D eigenvalue weighted by Crippen LogP contribution is 2.21. The van der Waals surface area contributed by atoms with Gasteiger partial charge in [0.05, 0.1) is 29.7 Å². The smallest absolute Gasteiger partial charge is 0.340 e. The van der Waals surface area contributed by atoms with Crippen LogP contribution in [0.25, 0.3) is 0 Å². The number of pyridine rings is 1. The van der Waals surface area contributed by atoms with Crippen molar-refractivity contribution in [2.75, 3.05) is 11.9 Å². The Morgan fingerprint density at radius 1 is 1.12 bits per heavy atom. The lowest BCUT2D eigenvalue weighted by Crippen LogP contribution is -2.40. The summed E-state index contributed by atoms with van der Waals surface area (Å²) in [7, 11) is 0. The Balaban J connectivity index is 2.15. The van der Waals surface area contributed by atoms with E-state index in [9.17, 15) is 9.59 Å². The van der Waals surface area contributed by atoms with Gasteiger partial charge in [-0.1, -0.05) is 12.1 Å². The molecule has 1 heterocycles. The van der Waals surface area contributed by atoms with Gasteiger partial charge in [-0.15, -0.1) is 0 Å². The predicted molar refractivity (Wildman–Crippen MR) is 97.1 cm³/mol. The van der Waals surface area contributed by atoms with Crippen LogP contribution in [0.2, 0.25) is 0 Å². The van der Waals surface area contributed by atoms with Crippen molar-refractivity contribution in [1.29, 1.82) is 0 Å². The number of hydrogen-bond donors (Lipinski definition) is 2. The van der Waals surface area contributed by atoms with E-state index in [1.165, 1.54) is 0 Å². The highest BCUT2D eigenvalue weighted by Gasteiger charge is 2.16. The molecule has 0 unspecified atom stereocenters. The molecule has 0 spiro atoms. The Labute approximate surface area is 147 Å². The van der Waals surface area contributed by atoms with Gasteiger partial charge >= 0.3 is 5.97 Å². The summed E-state index contributed by atoms with van der Waals surface area (Å²) in [6, 6.07) is 10.5. The quantitative estimate of drug-likeness (QED) is 0.813. The molecule has 25 heavy (non-hydrogen) atoms. The number of aromatic nitrogens is 1. The van der Waals surface area contributed by atoms with Gasteiger partial charge in [-0.05, 0) is 52.0 Å². The summed E-state index contributed by atoms with van der Waals surface area (Å²) < 4.78 is 5.06. The van der Waals surface area contributed by atoms with E-state index in [0.717, 1.165) is 0 Å². The van der Waals surface area contributed by atoms with Crippen LogP contribution in [0.15, 0.2) is 42.6 Å². The SMILES string of the molecule is CCOC(=O)c1ccccc1Nc1ccc(C(=O)NC(C)(C)C)nc1. The molecule has 1 amide bonds. The summed E-state index contributed by atoms with van der Waals surface area (Å²) in [5, 5.41) is 5.99. The zero-order chi connectivity index (χ0) is 18.4. The molecule has 0 aliphatic carbocycles. The molecule has 0 atom stereocenters. The Morgan fingerprint density at radius 3 is 2.44 bits per heavy atom. The number of nitrogens with one attached hydrogen (secondary N) is 2. The Morgan fingerprint density at radius 2 is 1.84 bits per heavy atom. The molecule has 1 aromatic carbocycles. The summed E-state index contributed by atoms with van der Waals surface area (Å²) in [5.41, 5.74) is 1.74. The van der Waals surface area contributed by atoms with Gasteiger partial charge in [0.2, 0.25) is 0 Å². The number of carbonyl (C=O) groups is 2. The number of carbonyl (C=O) groups excluding carboxylic acids is 2. The van der Waals surface area contributed by atoms with E-state index in [0.29, 0.717) is 29.2 Å². The molecule has 0 bridgehead atoms. The molecule has 0 fully saturated rings. The lowest BCUT2D eigenvalue weighted by atomic mass is 10.1. The van der Waals surface area contributed by atoms with Gasteiger partial charge in [-0.25, -0.2) is 9.78 Å². The first-order valence-electron chi connectivity index (χ1n) is 8.12. The number of nitrogens with zero attached hydrogens (tertiary/aromatic N) is 1. The standard InChI is InChI=1S/C19H23N3O3/c1-5-25-18(24)14-8-6-7-9-15(14)21-13-10-11-16(20-12-13)17(23)22-19(2,3)4/h6-12,21H,5H2,1-4H3,(H,22,23). The normalized spacial score (nSPS) is 10.9. The van der Waals surface area contributed by atoms with Crippen LogP contribution in [0, 0.1) is 0 Å². The minimum atomic E-state index is -0.389. The van der Waals surface area contributed by atoms with E-state index >= 15 is 0 Å². The van der Waals surface area contributed by atoms with Gasteiger partial charge in [0.1, 0.15) is 5.69 Å². The van der Waals surface area contributed by atoms with Crippen molar-refractivity contribution in [3.8, 4) is 0 Å².